The van der Waals surface area contributed by atoms with Crippen LogP contribution in [0.2, 0.25) is 0 Å². The van der Waals surface area contributed by atoms with E-state index in [2.05, 4.69) is 8.92 Å². The summed E-state index contributed by atoms with van der Waals surface area (Å²) in [6, 6.07) is 0. The minimum atomic E-state index is -4.55. The van der Waals surface area contributed by atoms with Crippen molar-refractivity contribution in [2.75, 3.05) is 0 Å². The van der Waals surface area contributed by atoms with Crippen LogP contribution < -0.4 is 0 Å². The van der Waals surface area contributed by atoms with Crippen molar-refractivity contribution in [3.63, 3.8) is 0 Å². The van der Waals surface area contributed by atoms with Crippen molar-refractivity contribution in [1.82, 2.24) is 0 Å². The average Bonchev–Trinajstić information content (AvgIpc) is 1.53. The van der Waals surface area contributed by atoms with E-state index in [1.807, 2.05) is 0 Å². The lowest BCUT2D eigenvalue weighted by molar-refractivity contribution is -0.158. The lowest BCUT2D eigenvalue weighted by Crippen LogP contribution is -2.19. The van der Waals surface area contributed by atoms with Gasteiger partial charge in [0.05, 0.1) is 0 Å². The fraction of sp³-hybridized carbons (Fsp3) is 0.750. The third-order valence-corrected chi connectivity index (χ3v) is 1.10. The summed E-state index contributed by atoms with van der Waals surface area (Å²) < 4.78 is 36.0. The van der Waals surface area contributed by atoms with Crippen molar-refractivity contribution < 1.29 is 26.7 Å². The van der Waals surface area contributed by atoms with E-state index in [4.69, 9.17) is 4.55 Å². The standard InChI is InChI=1S/C4H8O6S/c1-3(5)9-4(2)10-11(6,7)8/h4H,1-2H3,(H,6,7,8). The SMILES string of the molecule is CC(=O)OC(C)OS(=O)(=O)O. The molecule has 6 nitrogen and oxygen atoms in total. The van der Waals surface area contributed by atoms with E-state index in [0.717, 1.165) is 13.8 Å². The lowest BCUT2D eigenvalue weighted by Gasteiger charge is -2.08. The van der Waals surface area contributed by atoms with Gasteiger partial charge in [-0.15, -0.1) is 0 Å². The zero-order valence-electron chi connectivity index (χ0n) is 5.97. The fourth-order valence-electron chi connectivity index (χ4n) is 0.425. The van der Waals surface area contributed by atoms with Crippen LogP contribution in [0.25, 0.3) is 0 Å². The molecule has 1 N–H and O–H groups in total. The van der Waals surface area contributed by atoms with Crippen LogP contribution in [0.1, 0.15) is 13.8 Å². The Kier molecular flexibility index (Phi) is 3.43. The molecule has 0 radical (unpaired) electrons. The molecule has 7 heteroatoms. The summed E-state index contributed by atoms with van der Waals surface area (Å²) >= 11 is 0. The number of carbonyl (C=O) groups is 1. The molecule has 0 aromatic rings. The van der Waals surface area contributed by atoms with Crippen LogP contribution in [0, 0.1) is 0 Å². The molecule has 0 rings (SSSR count). The van der Waals surface area contributed by atoms with Gasteiger partial charge in [0.15, 0.2) is 0 Å². The Morgan fingerprint density at radius 2 is 2.00 bits per heavy atom. The Hall–Kier alpha value is -0.660. The predicted octanol–water partition coefficient (Wildman–Crippen LogP) is -0.285. The number of hydrogen-bond acceptors (Lipinski definition) is 5. The Bertz CT molecular complexity index is 229. The summed E-state index contributed by atoms with van der Waals surface area (Å²) in [6.07, 6.45) is -1.30. The first kappa shape index (κ1) is 10.3. The van der Waals surface area contributed by atoms with Gasteiger partial charge in [-0.25, -0.2) is 4.18 Å². The highest BCUT2D eigenvalue weighted by Crippen LogP contribution is 1.98. The summed E-state index contributed by atoms with van der Waals surface area (Å²) in [6.45, 7) is 2.25. The maximum absolute atomic E-state index is 10.2. The highest BCUT2D eigenvalue weighted by atomic mass is 32.3. The number of ether oxygens (including phenoxy) is 1. The predicted molar refractivity (Wildman–Crippen MR) is 33.9 cm³/mol. The van der Waals surface area contributed by atoms with Gasteiger partial charge in [-0.3, -0.25) is 9.35 Å². The molecule has 0 saturated heterocycles. The van der Waals surface area contributed by atoms with Gasteiger partial charge in [-0.05, 0) is 6.92 Å². The number of esters is 1. The minimum absolute atomic E-state index is 0.693. The van der Waals surface area contributed by atoms with E-state index in [-0.39, 0.29) is 0 Å². The van der Waals surface area contributed by atoms with Crippen molar-refractivity contribution in [2.45, 2.75) is 20.1 Å². The van der Waals surface area contributed by atoms with Crippen LogP contribution in [0.5, 0.6) is 0 Å². The number of hydrogen-bond donors (Lipinski definition) is 1. The third-order valence-electron chi connectivity index (χ3n) is 0.589. The zero-order chi connectivity index (χ0) is 9.07. The van der Waals surface area contributed by atoms with E-state index in [0.29, 0.717) is 0 Å². The molecule has 0 aliphatic carbocycles. The van der Waals surface area contributed by atoms with Gasteiger partial charge in [-0.1, -0.05) is 0 Å². The molecule has 0 fully saturated rings. The minimum Gasteiger partial charge on any atom is -0.435 e. The van der Waals surface area contributed by atoms with Crippen molar-refractivity contribution in [1.29, 1.82) is 0 Å². The second kappa shape index (κ2) is 3.65. The van der Waals surface area contributed by atoms with E-state index in [1.54, 1.807) is 0 Å². The van der Waals surface area contributed by atoms with Gasteiger partial charge in [0, 0.05) is 6.92 Å². The molecule has 1 atom stereocenters. The van der Waals surface area contributed by atoms with Gasteiger partial charge in [0.1, 0.15) is 0 Å². The summed E-state index contributed by atoms with van der Waals surface area (Å²) in [5, 5.41) is 0. The maximum Gasteiger partial charge on any atom is 0.400 e. The van der Waals surface area contributed by atoms with E-state index in [9.17, 15) is 13.2 Å². The van der Waals surface area contributed by atoms with Crippen molar-refractivity contribution in [2.24, 2.45) is 0 Å². The molecule has 0 bridgehead atoms. The van der Waals surface area contributed by atoms with Crippen LogP contribution >= 0.6 is 0 Å². The molecule has 0 spiro atoms. The van der Waals surface area contributed by atoms with Crippen LogP contribution in [0.4, 0.5) is 0 Å². The smallest absolute Gasteiger partial charge is 0.400 e. The van der Waals surface area contributed by atoms with Crippen molar-refractivity contribution in [3.05, 3.63) is 0 Å². The molecular weight excluding hydrogens is 176 g/mol. The molecule has 0 saturated carbocycles. The molecular formula is C4H8O6S. The fourth-order valence-corrected chi connectivity index (χ4v) is 0.806. The second-order valence-corrected chi connectivity index (χ2v) is 2.75. The Balaban J connectivity index is 3.89. The van der Waals surface area contributed by atoms with E-state index >= 15 is 0 Å². The largest absolute Gasteiger partial charge is 0.435 e. The molecule has 0 aromatic carbocycles. The van der Waals surface area contributed by atoms with Gasteiger partial charge >= 0.3 is 16.4 Å². The first-order valence-corrected chi connectivity index (χ1v) is 4.00. The summed E-state index contributed by atoms with van der Waals surface area (Å²) in [7, 11) is -4.55. The highest BCUT2D eigenvalue weighted by Gasteiger charge is 2.13. The van der Waals surface area contributed by atoms with Gasteiger partial charge in [0.2, 0.25) is 6.29 Å². The maximum atomic E-state index is 10.2. The highest BCUT2D eigenvalue weighted by molar-refractivity contribution is 7.80. The summed E-state index contributed by atoms with van der Waals surface area (Å²) in [5.41, 5.74) is 0. The van der Waals surface area contributed by atoms with Gasteiger partial charge in [-0.2, -0.15) is 8.42 Å². The monoisotopic (exact) mass is 184 g/mol. The topological polar surface area (TPSA) is 89.9 Å². The molecule has 0 amide bonds. The molecule has 0 aliphatic heterocycles. The normalized spacial score (nSPS) is 14.1. The number of rotatable bonds is 3. The molecule has 0 aliphatic rings. The van der Waals surface area contributed by atoms with Crippen LogP contribution in [-0.4, -0.2) is 25.2 Å². The zero-order valence-corrected chi connectivity index (χ0v) is 6.79. The Morgan fingerprint density at radius 1 is 1.55 bits per heavy atom. The third kappa shape index (κ3) is 7.23. The molecule has 66 valence electrons. The molecule has 0 heterocycles. The van der Waals surface area contributed by atoms with Gasteiger partial charge in [0.25, 0.3) is 0 Å². The first-order chi connectivity index (χ1) is 4.81. The van der Waals surface area contributed by atoms with Crippen molar-refractivity contribution >= 4 is 16.4 Å². The molecule has 11 heavy (non-hydrogen) atoms. The van der Waals surface area contributed by atoms with E-state index < -0.39 is 22.7 Å². The van der Waals surface area contributed by atoms with Crippen LogP contribution in [0.3, 0.4) is 0 Å². The quantitative estimate of drug-likeness (QED) is 0.368. The summed E-state index contributed by atoms with van der Waals surface area (Å²) in [5.74, 6) is -0.693. The Labute approximate surface area is 64.1 Å². The van der Waals surface area contributed by atoms with Crippen molar-refractivity contribution in [3.8, 4) is 0 Å². The van der Waals surface area contributed by atoms with Crippen LogP contribution in [-0.2, 0) is 24.1 Å². The van der Waals surface area contributed by atoms with Crippen LogP contribution in [0.15, 0.2) is 0 Å². The number of carbonyl (C=O) groups excluding carboxylic acids is 1. The molecule has 0 aromatic heterocycles. The van der Waals surface area contributed by atoms with E-state index in [1.165, 1.54) is 0 Å². The first-order valence-electron chi connectivity index (χ1n) is 2.64. The van der Waals surface area contributed by atoms with Gasteiger partial charge < -0.3 is 4.74 Å². The second-order valence-electron chi connectivity index (χ2n) is 1.70. The molecule has 1 unspecified atom stereocenters. The lowest BCUT2D eigenvalue weighted by atomic mass is 10.7. The average molecular weight is 184 g/mol. The summed E-state index contributed by atoms with van der Waals surface area (Å²) in [4.78, 5) is 10.2. The Morgan fingerprint density at radius 3 is 2.27 bits per heavy atom.